The van der Waals surface area contributed by atoms with Crippen molar-refractivity contribution in [1.29, 1.82) is 0 Å². The van der Waals surface area contributed by atoms with Crippen molar-refractivity contribution in [2.45, 2.75) is 33.6 Å². The molecule has 0 saturated carbocycles. The van der Waals surface area contributed by atoms with Gasteiger partial charge in [0, 0.05) is 26.2 Å². The fraction of sp³-hybridized carbons (Fsp3) is 0.556. The van der Waals surface area contributed by atoms with Crippen LogP contribution in [-0.4, -0.2) is 38.0 Å². The van der Waals surface area contributed by atoms with Gasteiger partial charge in [-0.1, -0.05) is 37.6 Å². The van der Waals surface area contributed by atoms with Crippen LogP contribution in [0.2, 0.25) is 5.02 Å². The number of hydrogen-bond donors (Lipinski definition) is 3. The van der Waals surface area contributed by atoms with Gasteiger partial charge in [0.25, 0.3) is 5.91 Å². The van der Waals surface area contributed by atoms with Crippen LogP contribution < -0.4 is 16.0 Å². The van der Waals surface area contributed by atoms with Crippen molar-refractivity contribution in [3.63, 3.8) is 0 Å². The molecule has 1 aromatic rings. The minimum Gasteiger partial charge on any atom is -0.357 e. The topological polar surface area (TPSA) is 65.5 Å². The highest BCUT2D eigenvalue weighted by Gasteiger charge is 2.08. The molecule has 24 heavy (non-hydrogen) atoms. The van der Waals surface area contributed by atoms with Crippen molar-refractivity contribution in [2.75, 3.05) is 26.2 Å². The summed E-state index contributed by atoms with van der Waals surface area (Å²) in [5, 5.41) is 9.74. The van der Waals surface area contributed by atoms with Crippen molar-refractivity contribution in [1.82, 2.24) is 16.0 Å². The molecule has 3 N–H and O–H groups in total. The summed E-state index contributed by atoms with van der Waals surface area (Å²) in [7, 11) is 0. The zero-order chi connectivity index (χ0) is 17.8. The van der Waals surface area contributed by atoms with Crippen molar-refractivity contribution < 1.29 is 4.79 Å². The van der Waals surface area contributed by atoms with E-state index in [9.17, 15) is 4.79 Å². The van der Waals surface area contributed by atoms with E-state index in [0.717, 1.165) is 25.5 Å². The molecule has 0 spiro atoms. The van der Waals surface area contributed by atoms with Crippen LogP contribution in [0.5, 0.6) is 0 Å². The molecule has 0 radical (unpaired) electrons. The molecule has 1 rings (SSSR count). The van der Waals surface area contributed by atoms with Gasteiger partial charge >= 0.3 is 0 Å². The van der Waals surface area contributed by atoms with Crippen molar-refractivity contribution in [3.8, 4) is 0 Å². The van der Waals surface area contributed by atoms with Crippen molar-refractivity contribution in [3.05, 3.63) is 34.9 Å². The van der Waals surface area contributed by atoms with Crippen LogP contribution in [0.4, 0.5) is 0 Å². The van der Waals surface area contributed by atoms with Crippen LogP contribution in [0.25, 0.3) is 0 Å². The molecule has 0 bridgehead atoms. The van der Waals surface area contributed by atoms with E-state index in [1.165, 1.54) is 6.42 Å². The highest BCUT2D eigenvalue weighted by molar-refractivity contribution is 6.33. The van der Waals surface area contributed by atoms with Gasteiger partial charge in [0.2, 0.25) is 0 Å². The molecule has 1 amide bonds. The number of rotatable bonds is 9. The molecule has 0 aliphatic heterocycles. The average molecular weight is 353 g/mol. The zero-order valence-corrected chi connectivity index (χ0v) is 15.6. The third-order valence-corrected chi connectivity index (χ3v) is 3.70. The smallest absolute Gasteiger partial charge is 0.252 e. The number of guanidine groups is 1. The van der Waals surface area contributed by atoms with Crippen LogP contribution >= 0.6 is 11.6 Å². The Balaban J connectivity index is 2.33. The van der Waals surface area contributed by atoms with E-state index in [1.54, 1.807) is 24.3 Å². The molecule has 0 saturated heterocycles. The number of nitrogens with one attached hydrogen (secondary N) is 3. The highest BCUT2D eigenvalue weighted by Crippen LogP contribution is 2.14. The van der Waals surface area contributed by atoms with Crippen molar-refractivity contribution in [2.24, 2.45) is 10.9 Å². The van der Waals surface area contributed by atoms with E-state index in [0.29, 0.717) is 29.6 Å². The highest BCUT2D eigenvalue weighted by atomic mass is 35.5. The van der Waals surface area contributed by atoms with Gasteiger partial charge in [0.05, 0.1) is 10.6 Å². The maximum absolute atomic E-state index is 12.0. The molecule has 1 aromatic carbocycles. The number of nitrogens with zero attached hydrogens (tertiary/aromatic N) is 1. The normalized spacial score (nSPS) is 11.5. The molecule has 0 aliphatic rings. The summed E-state index contributed by atoms with van der Waals surface area (Å²) in [6.45, 7) is 9.18. The van der Waals surface area contributed by atoms with Crippen LogP contribution in [0.1, 0.15) is 44.0 Å². The minimum atomic E-state index is -0.165. The maximum atomic E-state index is 12.0. The molecular weight excluding hydrogens is 324 g/mol. The Bertz CT molecular complexity index is 532. The van der Waals surface area contributed by atoms with Gasteiger partial charge in [-0.2, -0.15) is 0 Å². The SMILES string of the molecule is CCNC(=NCCCC(C)C)NCCNC(=O)c1ccccc1Cl. The van der Waals surface area contributed by atoms with Crippen molar-refractivity contribution >= 4 is 23.5 Å². The van der Waals surface area contributed by atoms with Gasteiger partial charge < -0.3 is 16.0 Å². The summed E-state index contributed by atoms with van der Waals surface area (Å²) in [5.74, 6) is 1.32. The predicted molar refractivity (Wildman–Crippen MR) is 102 cm³/mol. The Morgan fingerprint density at radius 2 is 1.88 bits per heavy atom. The van der Waals surface area contributed by atoms with Gasteiger partial charge in [-0.3, -0.25) is 9.79 Å². The number of carbonyl (C=O) groups is 1. The maximum Gasteiger partial charge on any atom is 0.252 e. The standard InChI is InChI=1S/C18H29ClN4O/c1-4-20-18(22-11-7-8-14(2)3)23-13-12-21-17(24)15-9-5-6-10-16(15)19/h5-6,9-10,14H,4,7-8,11-13H2,1-3H3,(H,21,24)(H2,20,22,23). The van der Waals surface area contributed by atoms with Gasteiger partial charge in [0.1, 0.15) is 0 Å². The number of carbonyl (C=O) groups excluding carboxylic acids is 1. The Morgan fingerprint density at radius 1 is 1.17 bits per heavy atom. The van der Waals surface area contributed by atoms with E-state index < -0.39 is 0 Å². The number of benzene rings is 1. The molecule has 0 atom stereocenters. The molecule has 0 aromatic heterocycles. The largest absolute Gasteiger partial charge is 0.357 e. The molecule has 0 fully saturated rings. The molecule has 0 heterocycles. The first-order valence-electron chi connectivity index (χ1n) is 8.59. The third-order valence-electron chi connectivity index (χ3n) is 3.38. The third kappa shape index (κ3) is 8.20. The molecule has 134 valence electrons. The summed E-state index contributed by atoms with van der Waals surface area (Å²) in [5.41, 5.74) is 0.494. The van der Waals surface area contributed by atoms with Crippen LogP contribution in [-0.2, 0) is 0 Å². The number of amides is 1. The molecule has 5 nitrogen and oxygen atoms in total. The molecule has 6 heteroatoms. The summed E-state index contributed by atoms with van der Waals surface area (Å²) < 4.78 is 0. The fourth-order valence-corrected chi connectivity index (χ4v) is 2.35. The summed E-state index contributed by atoms with van der Waals surface area (Å²) in [6, 6.07) is 7.03. The Hall–Kier alpha value is -1.75. The molecule has 0 aliphatic carbocycles. The van der Waals surface area contributed by atoms with Crippen LogP contribution in [0.15, 0.2) is 29.3 Å². The lowest BCUT2D eigenvalue weighted by molar-refractivity contribution is 0.0954. The second kappa shape index (κ2) is 11.7. The first-order chi connectivity index (χ1) is 11.5. The molecule has 0 unspecified atom stereocenters. The average Bonchev–Trinajstić information content (AvgIpc) is 2.55. The lowest BCUT2D eigenvalue weighted by Gasteiger charge is -2.12. The van der Waals surface area contributed by atoms with E-state index in [2.05, 4.69) is 34.8 Å². The summed E-state index contributed by atoms with van der Waals surface area (Å²) in [4.78, 5) is 16.6. The van der Waals surface area contributed by atoms with E-state index in [-0.39, 0.29) is 5.91 Å². The van der Waals surface area contributed by atoms with Crippen LogP contribution in [0, 0.1) is 5.92 Å². The van der Waals surface area contributed by atoms with Gasteiger partial charge in [-0.25, -0.2) is 0 Å². The lowest BCUT2D eigenvalue weighted by atomic mass is 10.1. The Labute approximate surface area is 150 Å². The van der Waals surface area contributed by atoms with E-state index >= 15 is 0 Å². The van der Waals surface area contributed by atoms with Gasteiger partial charge in [-0.15, -0.1) is 0 Å². The lowest BCUT2D eigenvalue weighted by Crippen LogP contribution is -2.41. The van der Waals surface area contributed by atoms with E-state index in [4.69, 9.17) is 11.6 Å². The van der Waals surface area contributed by atoms with E-state index in [1.807, 2.05) is 6.92 Å². The quantitative estimate of drug-likeness (QED) is 0.363. The fourth-order valence-electron chi connectivity index (χ4n) is 2.13. The summed E-state index contributed by atoms with van der Waals surface area (Å²) in [6.07, 6.45) is 2.26. The minimum absolute atomic E-state index is 0.165. The first-order valence-corrected chi connectivity index (χ1v) is 8.97. The second-order valence-electron chi connectivity index (χ2n) is 5.96. The number of aliphatic imine (C=N–C) groups is 1. The summed E-state index contributed by atoms with van der Waals surface area (Å²) >= 11 is 6.01. The first kappa shape index (κ1) is 20.3. The monoisotopic (exact) mass is 352 g/mol. The Kier molecular flexibility index (Phi) is 9.92. The number of hydrogen-bond acceptors (Lipinski definition) is 2. The van der Waals surface area contributed by atoms with Crippen LogP contribution in [0.3, 0.4) is 0 Å². The zero-order valence-electron chi connectivity index (χ0n) is 14.9. The van der Waals surface area contributed by atoms with Gasteiger partial charge in [-0.05, 0) is 37.8 Å². The second-order valence-corrected chi connectivity index (χ2v) is 6.37. The Morgan fingerprint density at radius 3 is 2.54 bits per heavy atom. The van der Waals surface area contributed by atoms with Gasteiger partial charge in [0.15, 0.2) is 5.96 Å². The predicted octanol–water partition coefficient (Wildman–Crippen LogP) is 3.06. The number of halogens is 1. The molecular formula is C18H29ClN4O.